The van der Waals surface area contributed by atoms with Gasteiger partial charge in [-0.2, -0.15) is 0 Å². The van der Waals surface area contributed by atoms with E-state index in [9.17, 15) is 19.7 Å². The van der Waals surface area contributed by atoms with Crippen LogP contribution in [0.2, 0.25) is 0 Å². The van der Waals surface area contributed by atoms with Crippen molar-refractivity contribution < 1.29 is 19.6 Å². The third-order valence-electron chi connectivity index (χ3n) is 3.51. The standard InChI is InChI=1S/C15H17N3O5/c1-9(2)17(7-6-13(19)20)15(21)11-8-10-4-3-5-12(18(22)23)14(10)16-11/h3-5,8-9,16H,6-7H2,1-2H3,(H,19,20). The van der Waals surface area contributed by atoms with Gasteiger partial charge in [0.1, 0.15) is 11.2 Å². The van der Waals surface area contributed by atoms with E-state index in [1.165, 1.54) is 11.0 Å². The molecule has 2 N–H and O–H groups in total. The van der Waals surface area contributed by atoms with E-state index in [1.54, 1.807) is 32.0 Å². The van der Waals surface area contributed by atoms with Crippen molar-refractivity contribution in [3.05, 3.63) is 40.1 Å². The molecule has 0 radical (unpaired) electrons. The molecule has 1 amide bonds. The maximum atomic E-state index is 12.6. The third-order valence-corrected chi connectivity index (χ3v) is 3.51. The molecule has 23 heavy (non-hydrogen) atoms. The summed E-state index contributed by atoms with van der Waals surface area (Å²) in [6.07, 6.45) is -0.162. The fourth-order valence-electron chi connectivity index (χ4n) is 2.37. The smallest absolute Gasteiger partial charge is 0.305 e. The molecule has 1 aromatic heterocycles. The van der Waals surface area contributed by atoms with Crippen LogP contribution in [0.5, 0.6) is 0 Å². The number of nitro benzene ring substituents is 1. The van der Waals surface area contributed by atoms with Gasteiger partial charge in [0.25, 0.3) is 11.6 Å². The lowest BCUT2D eigenvalue weighted by atomic mass is 10.2. The van der Waals surface area contributed by atoms with Crippen LogP contribution in [-0.2, 0) is 4.79 Å². The number of carbonyl (C=O) groups excluding carboxylic acids is 1. The Morgan fingerprint density at radius 1 is 1.39 bits per heavy atom. The first kappa shape index (κ1) is 16.5. The molecule has 2 rings (SSSR count). The Kier molecular flexibility index (Phi) is 4.63. The zero-order valence-corrected chi connectivity index (χ0v) is 12.8. The van der Waals surface area contributed by atoms with Gasteiger partial charge in [-0.25, -0.2) is 0 Å². The van der Waals surface area contributed by atoms with E-state index in [2.05, 4.69) is 4.98 Å². The Hall–Kier alpha value is -2.90. The first-order valence-electron chi connectivity index (χ1n) is 7.10. The van der Waals surface area contributed by atoms with Crippen molar-refractivity contribution in [3.63, 3.8) is 0 Å². The molecule has 0 bridgehead atoms. The zero-order chi connectivity index (χ0) is 17.1. The van der Waals surface area contributed by atoms with Crippen LogP contribution >= 0.6 is 0 Å². The molecular formula is C15H17N3O5. The number of amides is 1. The minimum absolute atomic E-state index is 0.0727. The number of carbonyl (C=O) groups is 2. The molecule has 0 aliphatic carbocycles. The number of carboxylic acids is 1. The van der Waals surface area contributed by atoms with Gasteiger partial charge in [-0.3, -0.25) is 19.7 Å². The lowest BCUT2D eigenvalue weighted by Crippen LogP contribution is -2.38. The average Bonchev–Trinajstić information content (AvgIpc) is 2.89. The number of carboxylic acid groups (broad SMARTS) is 1. The molecule has 1 aromatic carbocycles. The van der Waals surface area contributed by atoms with Gasteiger partial charge < -0.3 is 15.0 Å². The molecule has 1 heterocycles. The highest BCUT2D eigenvalue weighted by atomic mass is 16.6. The molecule has 0 fully saturated rings. The number of aromatic nitrogens is 1. The lowest BCUT2D eigenvalue weighted by Gasteiger charge is -2.25. The fourth-order valence-corrected chi connectivity index (χ4v) is 2.37. The SMILES string of the molecule is CC(C)N(CCC(=O)O)C(=O)c1cc2cccc([N+](=O)[O-])c2[nH]1. The van der Waals surface area contributed by atoms with Crippen LogP contribution in [0, 0.1) is 10.1 Å². The molecule has 0 saturated carbocycles. The van der Waals surface area contributed by atoms with E-state index in [1.807, 2.05) is 0 Å². The Labute approximate surface area is 131 Å². The van der Waals surface area contributed by atoms with Crippen LogP contribution in [-0.4, -0.2) is 44.4 Å². The second-order valence-corrected chi connectivity index (χ2v) is 5.42. The van der Waals surface area contributed by atoms with Crippen LogP contribution in [0.1, 0.15) is 30.8 Å². The molecule has 122 valence electrons. The lowest BCUT2D eigenvalue weighted by molar-refractivity contribution is -0.383. The van der Waals surface area contributed by atoms with Gasteiger partial charge in [0, 0.05) is 24.0 Å². The Morgan fingerprint density at radius 2 is 2.09 bits per heavy atom. The molecule has 0 saturated heterocycles. The summed E-state index contributed by atoms with van der Waals surface area (Å²) < 4.78 is 0. The maximum absolute atomic E-state index is 12.6. The van der Waals surface area contributed by atoms with Gasteiger partial charge in [0.05, 0.1) is 11.3 Å². The van der Waals surface area contributed by atoms with Gasteiger partial charge in [-0.05, 0) is 19.9 Å². The van der Waals surface area contributed by atoms with Gasteiger partial charge in [0.2, 0.25) is 0 Å². The number of hydrogen-bond donors (Lipinski definition) is 2. The first-order chi connectivity index (χ1) is 10.8. The van der Waals surface area contributed by atoms with Crippen molar-refractivity contribution in [2.24, 2.45) is 0 Å². The normalized spacial score (nSPS) is 10.9. The highest BCUT2D eigenvalue weighted by Gasteiger charge is 2.23. The number of nitrogens with one attached hydrogen (secondary N) is 1. The quantitative estimate of drug-likeness (QED) is 0.626. The molecule has 8 heteroatoms. The Morgan fingerprint density at radius 3 is 2.65 bits per heavy atom. The monoisotopic (exact) mass is 319 g/mol. The summed E-state index contributed by atoms with van der Waals surface area (Å²) in [5.41, 5.74) is 0.374. The van der Waals surface area contributed by atoms with Crippen LogP contribution in [0.15, 0.2) is 24.3 Å². The Balaban J connectivity index is 2.37. The van der Waals surface area contributed by atoms with E-state index >= 15 is 0 Å². The fraction of sp³-hybridized carbons (Fsp3) is 0.333. The number of aliphatic carboxylic acids is 1. The van der Waals surface area contributed by atoms with Crippen molar-refractivity contribution in [2.45, 2.75) is 26.3 Å². The average molecular weight is 319 g/mol. The van der Waals surface area contributed by atoms with Crippen molar-refractivity contribution in [1.29, 1.82) is 0 Å². The summed E-state index contributed by atoms with van der Waals surface area (Å²) in [4.78, 5) is 38.0. The number of H-pyrrole nitrogens is 1. The van der Waals surface area contributed by atoms with Gasteiger partial charge in [-0.15, -0.1) is 0 Å². The number of nitrogens with zero attached hydrogens (tertiary/aromatic N) is 2. The minimum Gasteiger partial charge on any atom is -0.481 e. The van der Waals surface area contributed by atoms with Crippen molar-refractivity contribution in [2.75, 3.05) is 6.54 Å². The van der Waals surface area contributed by atoms with E-state index in [0.717, 1.165) is 0 Å². The third kappa shape index (κ3) is 3.47. The molecule has 8 nitrogen and oxygen atoms in total. The molecule has 0 unspecified atom stereocenters. The summed E-state index contributed by atoms with van der Waals surface area (Å²) in [6, 6.07) is 5.93. The van der Waals surface area contributed by atoms with Crippen molar-refractivity contribution in [3.8, 4) is 0 Å². The first-order valence-corrected chi connectivity index (χ1v) is 7.10. The summed E-state index contributed by atoms with van der Waals surface area (Å²) in [5, 5.41) is 20.4. The molecule has 0 atom stereocenters. The maximum Gasteiger partial charge on any atom is 0.305 e. The summed E-state index contributed by atoms with van der Waals surface area (Å²) in [7, 11) is 0. The highest BCUT2D eigenvalue weighted by Crippen LogP contribution is 2.26. The number of non-ortho nitro benzene ring substituents is 1. The van der Waals surface area contributed by atoms with Crippen molar-refractivity contribution >= 4 is 28.5 Å². The number of fused-ring (bicyclic) bond motifs is 1. The number of rotatable bonds is 6. The number of hydrogen-bond acceptors (Lipinski definition) is 4. The van der Waals surface area contributed by atoms with Crippen molar-refractivity contribution in [1.82, 2.24) is 9.88 Å². The van der Waals surface area contributed by atoms with Crippen LogP contribution in [0.3, 0.4) is 0 Å². The van der Waals surface area contributed by atoms with E-state index in [-0.39, 0.29) is 41.8 Å². The van der Waals surface area contributed by atoms with Gasteiger partial charge in [0.15, 0.2) is 0 Å². The predicted molar refractivity (Wildman–Crippen MR) is 83.4 cm³/mol. The second kappa shape index (κ2) is 6.47. The largest absolute Gasteiger partial charge is 0.481 e. The predicted octanol–water partition coefficient (Wildman–Crippen LogP) is 2.40. The van der Waals surface area contributed by atoms with Gasteiger partial charge >= 0.3 is 5.97 Å². The van der Waals surface area contributed by atoms with Crippen LogP contribution < -0.4 is 0 Å². The number of nitro groups is 1. The molecule has 0 aliphatic rings. The molecule has 0 spiro atoms. The van der Waals surface area contributed by atoms with E-state index in [0.29, 0.717) is 5.39 Å². The minimum atomic E-state index is -0.990. The summed E-state index contributed by atoms with van der Waals surface area (Å²) in [6.45, 7) is 3.64. The topological polar surface area (TPSA) is 117 Å². The molecule has 2 aromatic rings. The Bertz CT molecular complexity index is 766. The summed E-state index contributed by atoms with van der Waals surface area (Å²) >= 11 is 0. The van der Waals surface area contributed by atoms with Crippen LogP contribution in [0.4, 0.5) is 5.69 Å². The van der Waals surface area contributed by atoms with E-state index < -0.39 is 10.9 Å². The van der Waals surface area contributed by atoms with Crippen LogP contribution in [0.25, 0.3) is 10.9 Å². The number of benzene rings is 1. The summed E-state index contributed by atoms with van der Waals surface area (Å²) in [5.74, 6) is -1.37. The number of aromatic amines is 1. The van der Waals surface area contributed by atoms with Gasteiger partial charge in [-0.1, -0.05) is 12.1 Å². The molecular weight excluding hydrogens is 302 g/mol. The zero-order valence-electron chi connectivity index (χ0n) is 12.8. The second-order valence-electron chi connectivity index (χ2n) is 5.42. The highest BCUT2D eigenvalue weighted by molar-refractivity contribution is 6.00. The molecule has 0 aliphatic heterocycles. The number of para-hydroxylation sites is 1. The van der Waals surface area contributed by atoms with E-state index in [4.69, 9.17) is 5.11 Å².